The normalized spacial score (nSPS) is 10.8. The van der Waals surface area contributed by atoms with Crippen LogP contribution in [0.4, 0.5) is 11.6 Å². The highest BCUT2D eigenvalue weighted by molar-refractivity contribution is 6.42. The molecule has 4 heterocycles. The fourth-order valence-electron chi connectivity index (χ4n) is 5.87. The largest absolute Gasteiger partial charge is 0.506 e. The van der Waals surface area contributed by atoms with Gasteiger partial charge in [0.1, 0.15) is 52.0 Å². The van der Waals surface area contributed by atoms with Crippen molar-refractivity contribution in [3.63, 3.8) is 0 Å². The van der Waals surface area contributed by atoms with Gasteiger partial charge in [-0.2, -0.15) is 0 Å². The van der Waals surface area contributed by atoms with Gasteiger partial charge in [-0.1, -0.05) is 94.9 Å². The first-order chi connectivity index (χ1) is 29.3. The highest BCUT2D eigenvalue weighted by Gasteiger charge is 2.22. The number of nitrogen functional groups attached to an aromatic ring is 1. The number of nitrogens with one attached hydrogen (secondary N) is 1. The molecule has 4 aromatic carbocycles. The van der Waals surface area contributed by atoms with Gasteiger partial charge in [-0.3, -0.25) is 14.8 Å². The minimum absolute atomic E-state index is 0.102. The zero-order valence-electron chi connectivity index (χ0n) is 33.3. The third kappa shape index (κ3) is 12.1. The second-order valence-corrected chi connectivity index (χ2v) is 14.7. The molecule has 5 N–H and O–H groups in total. The lowest BCUT2D eigenvalue weighted by Gasteiger charge is -2.23. The summed E-state index contributed by atoms with van der Waals surface area (Å²) in [5.74, 6) is 2.81. The zero-order chi connectivity index (χ0) is 44.1. The molecule has 8 aromatic rings. The summed E-state index contributed by atoms with van der Waals surface area (Å²) in [7, 11) is 3.25. The van der Waals surface area contributed by atoms with Gasteiger partial charge in [0.05, 0.1) is 40.4 Å². The fourth-order valence-corrected chi connectivity index (χ4v) is 6.39. The van der Waals surface area contributed by atoms with Gasteiger partial charge in [0.15, 0.2) is 0 Å². The quantitative estimate of drug-likeness (QED) is 0.112. The van der Waals surface area contributed by atoms with Gasteiger partial charge in [0.2, 0.25) is 0 Å². The third-order valence-corrected chi connectivity index (χ3v) is 10.4. The molecule has 11 nitrogen and oxygen atoms in total. The number of rotatable bonds is 7. The molecule has 0 aliphatic rings. The molecule has 0 amide bonds. The highest BCUT2D eigenvalue weighted by Crippen LogP contribution is 2.38. The lowest BCUT2D eigenvalue weighted by atomic mass is 9.95. The summed E-state index contributed by atoms with van der Waals surface area (Å²) in [4.78, 5) is 26.7. The molecule has 8 rings (SSSR count). The standard InChI is InChI=1S/C23H19Cl2N3O2.C9H7NO.C9H10O2.C5H4Cl2N2/c1-13-5-6-15(10-19(13)30-2)21(28-20-11-17(24)18(25)12-27-20)16-8-7-14-4-3-9-26-22(14)23(16)29;11-8-5-1-3-7-4-2-6-10-9(7)8;1-7-5-8(6-10)3-4-9(7)11-2;6-3-1-5(8)9-2-4(3)7/h3-12,21,29H,1-2H3,(H,27,28);1-6,11H;3-6H,1-2H3;1-2H,(H2,8,9). The van der Waals surface area contributed by atoms with Crippen molar-refractivity contribution in [3.8, 4) is 23.0 Å². The maximum Gasteiger partial charge on any atom is 0.150 e. The Balaban J connectivity index is 0.000000184. The molecule has 0 spiro atoms. The third-order valence-electron chi connectivity index (χ3n) is 8.95. The van der Waals surface area contributed by atoms with Crippen molar-refractivity contribution in [2.45, 2.75) is 19.9 Å². The van der Waals surface area contributed by atoms with Gasteiger partial charge in [-0.05, 0) is 73.0 Å². The molecule has 0 aliphatic carbocycles. The Morgan fingerprint density at radius 2 is 1.30 bits per heavy atom. The minimum atomic E-state index is -0.435. The molecule has 1 atom stereocenters. The number of nitrogens with zero attached hydrogens (tertiary/aromatic N) is 4. The molecular formula is C46H40Cl4N6O5. The Labute approximate surface area is 372 Å². The molecule has 0 radical (unpaired) electrons. The van der Waals surface area contributed by atoms with Crippen molar-refractivity contribution in [2.75, 3.05) is 25.3 Å². The Bertz CT molecular complexity index is 2770. The molecule has 1 unspecified atom stereocenters. The number of anilines is 2. The average Bonchev–Trinajstić information content (AvgIpc) is 3.27. The first kappa shape index (κ1) is 45.7. The number of halogens is 4. The monoisotopic (exact) mass is 896 g/mol. The molecule has 0 bridgehead atoms. The molecule has 61 heavy (non-hydrogen) atoms. The number of fused-ring (bicyclic) bond motifs is 2. The van der Waals surface area contributed by atoms with Crippen LogP contribution >= 0.6 is 46.4 Å². The molecule has 0 aliphatic heterocycles. The summed E-state index contributed by atoms with van der Waals surface area (Å²) in [6, 6.07) is 30.6. The second-order valence-electron chi connectivity index (χ2n) is 13.1. The molecule has 15 heteroatoms. The summed E-state index contributed by atoms with van der Waals surface area (Å²) in [5.41, 5.74) is 10.7. The van der Waals surface area contributed by atoms with Crippen LogP contribution in [-0.2, 0) is 0 Å². The number of aromatic hydroxyl groups is 2. The predicted molar refractivity (Wildman–Crippen MR) is 246 cm³/mol. The fraction of sp³-hybridized carbons (Fsp3) is 0.109. The van der Waals surface area contributed by atoms with Crippen LogP contribution in [0.5, 0.6) is 23.0 Å². The number of nitrogens with two attached hydrogens (primary N) is 1. The van der Waals surface area contributed by atoms with Gasteiger partial charge in [-0.15, -0.1) is 0 Å². The molecule has 0 saturated carbocycles. The average molecular weight is 899 g/mol. The predicted octanol–water partition coefficient (Wildman–Crippen LogP) is 11.9. The number of hydrogen-bond acceptors (Lipinski definition) is 11. The van der Waals surface area contributed by atoms with Crippen LogP contribution < -0.4 is 20.5 Å². The number of carbonyl (C=O) groups is 1. The zero-order valence-corrected chi connectivity index (χ0v) is 36.3. The molecular weight excluding hydrogens is 858 g/mol. The number of aromatic nitrogens is 4. The van der Waals surface area contributed by atoms with E-state index in [0.717, 1.165) is 45.2 Å². The summed E-state index contributed by atoms with van der Waals surface area (Å²) in [6.45, 7) is 3.88. The molecule has 312 valence electrons. The van der Waals surface area contributed by atoms with Crippen molar-refractivity contribution < 1.29 is 24.5 Å². The second kappa shape index (κ2) is 21.8. The topological polar surface area (TPSA) is 166 Å². The van der Waals surface area contributed by atoms with Gasteiger partial charge in [-0.25, -0.2) is 9.97 Å². The van der Waals surface area contributed by atoms with Crippen LogP contribution in [0.1, 0.15) is 38.7 Å². The number of benzene rings is 4. The number of phenols is 2. The van der Waals surface area contributed by atoms with E-state index in [4.69, 9.17) is 61.6 Å². The number of aryl methyl sites for hydroxylation is 2. The SMILES string of the molecule is COc1cc(C(Nc2cc(Cl)c(Cl)cn2)c2ccc3cccnc3c2O)ccc1C.COc1ccc(C=O)cc1C.Nc1cc(Cl)c(Cl)cn1.Oc1cccc2cccnc12. The maximum absolute atomic E-state index is 11.0. The lowest BCUT2D eigenvalue weighted by molar-refractivity contribution is 0.112. The Kier molecular flexibility index (Phi) is 16.3. The van der Waals surface area contributed by atoms with Gasteiger partial charge >= 0.3 is 0 Å². The smallest absolute Gasteiger partial charge is 0.150 e. The first-order valence-corrected chi connectivity index (χ1v) is 19.8. The maximum atomic E-state index is 11.0. The number of pyridine rings is 4. The summed E-state index contributed by atoms with van der Waals surface area (Å²) >= 11 is 23.3. The number of phenolic OH excluding ortho intramolecular Hbond substituents is 2. The van der Waals surface area contributed by atoms with Crippen LogP contribution in [0, 0.1) is 13.8 Å². The van der Waals surface area contributed by atoms with Crippen molar-refractivity contribution in [1.29, 1.82) is 0 Å². The number of aldehydes is 1. The molecule has 4 aromatic heterocycles. The van der Waals surface area contributed by atoms with E-state index >= 15 is 0 Å². The summed E-state index contributed by atoms with van der Waals surface area (Å²) in [5, 5.41) is 27.1. The minimum Gasteiger partial charge on any atom is -0.506 e. The number of hydrogen-bond donors (Lipinski definition) is 4. The first-order valence-electron chi connectivity index (χ1n) is 18.3. The van der Waals surface area contributed by atoms with Crippen LogP contribution in [0.25, 0.3) is 21.8 Å². The van der Waals surface area contributed by atoms with Crippen molar-refractivity contribution in [1.82, 2.24) is 19.9 Å². The van der Waals surface area contributed by atoms with Crippen LogP contribution in [-0.4, -0.2) is 50.7 Å². The Morgan fingerprint density at radius 3 is 1.90 bits per heavy atom. The van der Waals surface area contributed by atoms with E-state index in [9.17, 15) is 15.0 Å². The van der Waals surface area contributed by atoms with Crippen molar-refractivity contribution >= 4 is 86.1 Å². The van der Waals surface area contributed by atoms with Crippen LogP contribution in [0.3, 0.4) is 0 Å². The number of ether oxygens (including phenoxy) is 2. The Hall–Kier alpha value is -6.37. The van der Waals surface area contributed by atoms with E-state index in [1.807, 2.05) is 74.5 Å². The molecule has 0 saturated heterocycles. The number of para-hydroxylation sites is 1. The van der Waals surface area contributed by atoms with Gasteiger partial charge in [0.25, 0.3) is 0 Å². The highest BCUT2D eigenvalue weighted by atomic mass is 35.5. The number of methoxy groups -OCH3 is 2. The van der Waals surface area contributed by atoms with Gasteiger partial charge < -0.3 is 30.7 Å². The van der Waals surface area contributed by atoms with E-state index in [1.54, 1.807) is 63.0 Å². The van der Waals surface area contributed by atoms with E-state index in [2.05, 4.69) is 25.3 Å². The number of carbonyl (C=O) groups excluding carboxylic acids is 1. The van der Waals surface area contributed by atoms with E-state index in [1.165, 1.54) is 18.5 Å². The van der Waals surface area contributed by atoms with Crippen LogP contribution in [0.2, 0.25) is 20.1 Å². The molecule has 0 fully saturated rings. The summed E-state index contributed by atoms with van der Waals surface area (Å²) in [6.07, 6.45) is 7.05. The lowest BCUT2D eigenvalue weighted by Crippen LogP contribution is -2.14. The summed E-state index contributed by atoms with van der Waals surface area (Å²) < 4.78 is 10.5. The van der Waals surface area contributed by atoms with Gasteiger partial charge in [0, 0.05) is 58.8 Å². The van der Waals surface area contributed by atoms with Crippen molar-refractivity contribution in [3.05, 3.63) is 176 Å². The van der Waals surface area contributed by atoms with E-state index < -0.39 is 6.04 Å². The van der Waals surface area contributed by atoms with E-state index in [0.29, 0.717) is 53.9 Å². The van der Waals surface area contributed by atoms with Crippen LogP contribution in [0.15, 0.2) is 128 Å². The van der Waals surface area contributed by atoms with E-state index in [-0.39, 0.29) is 11.5 Å². The van der Waals surface area contributed by atoms with Crippen molar-refractivity contribution in [2.24, 2.45) is 0 Å². The Morgan fingerprint density at radius 1 is 0.656 bits per heavy atom.